The standard InChI is InChI=1S/C19H19N3O/c1-14-11-22(12-15-5-2-3-8-18(15)23-14)13-16-6-4-7-17-19(16)21-10-9-20-17/h2-10,14H,11-13H2,1H3. The second kappa shape index (κ2) is 5.97. The molecule has 3 aromatic rings. The topological polar surface area (TPSA) is 38.2 Å². The highest BCUT2D eigenvalue weighted by Crippen LogP contribution is 2.26. The van der Waals surface area contributed by atoms with Crippen LogP contribution in [0.4, 0.5) is 0 Å². The van der Waals surface area contributed by atoms with E-state index in [1.807, 2.05) is 12.1 Å². The first-order chi connectivity index (χ1) is 11.3. The Balaban J connectivity index is 1.65. The number of rotatable bonds is 2. The predicted molar refractivity (Wildman–Crippen MR) is 90.2 cm³/mol. The van der Waals surface area contributed by atoms with Gasteiger partial charge in [0.1, 0.15) is 11.9 Å². The van der Waals surface area contributed by atoms with E-state index in [4.69, 9.17) is 4.74 Å². The second-order valence-electron chi connectivity index (χ2n) is 6.05. The summed E-state index contributed by atoms with van der Waals surface area (Å²) >= 11 is 0. The third-order valence-corrected chi connectivity index (χ3v) is 4.19. The summed E-state index contributed by atoms with van der Waals surface area (Å²) in [5.41, 5.74) is 4.39. The van der Waals surface area contributed by atoms with Crippen LogP contribution in [0.5, 0.6) is 5.75 Å². The fourth-order valence-corrected chi connectivity index (χ4v) is 3.21. The number of fused-ring (bicyclic) bond motifs is 2. The van der Waals surface area contributed by atoms with Crippen LogP contribution in [0.15, 0.2) is 54.9 Å². The lowest BCUT2D eigenvalue weighted by Gasteiger charge is -2.22. The van der Waals surface area contributed by atoms with Gasteiger partial charge in [-0.1, -0.05) is 30.3 Å². The quantitative estimate of drug-likeness (QED) is 0.727. The van der Waals surface area contributed by atoms with E-state index in [-0.39, 0.29) is 6.10 Å². The fourth-order valence-electron chi connectivity index (χ4n) is 3.21. The Hall–Kier alpha value is -2.46. The fraction of sp³-hybridized carbons (Fsp3) is 0.263. The van der Waals surface area contributed by atoms with E-state index in [1.165, 1.54) is 11.1 Å². The molecule has 0 amide bonds. The van der Waals surface area contributed by atoms with Crippen LogP contribution in [0.2, 0.25) is 0 Å². The van der Waals surface area contributed by atoms with Gasteiger partial charge in [0.15, 0.2) is 0 Å². The predicted octanol–water partition coefficient (Wildman–Crippen LogP) is 3.41. The zero-order valence-corrected chi connectivity index (χ0v) is 13.1. The summed E-state index contributed by atoms with van der Waals surface area (Å²) in [5.74, 6) is 1.00. The molecular formula is C19H19N3O. The Labute approximate surface area is 135 Å². The number of para-hydroxylation sites is 2. The van der Waals surface area contributed by atoms with Crippen molar-refractivity contribution >= 4 is 11.0 Å². The summed E-state index contributed by atoms with van der Waals surface area (Å²) in [6, 6.07) is 14.5. The first-order valence-electron chi connectivity index (χ1n) is 7.95. The first kappa shape index (κ1) is 14.2. The van der Waals surface area contributed by atoms with Crippen molar-refractivity contribution in [2.45, 2.75) is 26.1 Å². The number of ether oxygens (including phenoxy) is 1. The van der Waals surface area contributed by atoms with Crippen molar-refractivity contribution in [2.75, 3.05) is 6.54 Å². The largest absolute Gasteiger partial charge is 0.489 e. The third kappa shape index (κ3) is 2.90. The van der Waals surface area contributed by atoms with Crippen LogP contribution in [0.1, 0.15) is 18.1 Å². The highest BCUT2D eigenvalue weighted by atomic mass is 16.5. The van der Waals surface area contributed by atoms with E-state index in [2.05, 4.69) is 52.1 Å². The highest BCUT2D eigenvalue weighted by molar-refractivity contribution is 5.77. The van der Waals surface area contributed by atoms with Crippen molar-refractivity contribution in [1.29, 1.82) is 0 Å². The zero-order chi connectivity index (χ0) is 15.6. The molecule has 4 heteroatoms. The molecule has 0 N–H and O–H groups in total. The molecule has 0 aliphatic carbocycles. The van der Waals surface area contributed by atoms with Crippen LogP contribution in [-0.4, -0.2) is 27.5 Å². The maximum Gasteiger partial charge on any atom is 0.124 e. The van der Waals surface area contributed by atoms with Crippen molar-refractivity contribution in [3.8, 4) is 5.75 Å². The van der Waals surface area contributed by atoms with Gasteiger partial charge in [-0.15, -0.1) is 0 Å². The lowest BCUT2D eigenvalue weighted by atomic mass is 10.1. The molecule has 1 aromatic heterocycles. The van der Waals surface area contributed by atoms with Gasteiger partial charge in [0.25, 0.3) is 0 Å². The van der Waals surface area contributed by atoms with E-state index in [1.54, 1.807) is 12.4 Å². The normalized spacial score (nSPS) is 18.2. The van der Waals surface area contributed by atoms with E-state index < -0.39 is 0 Å². The molecule has 0 bridgehead atoms. The molecular weight excluding hydrogens is 286 g/mol. The summed E-state index contributed by atoms with van der Waals surface area (Å²) in [4.78, 5) is 11.3. The third-order valence-electron chi connectivity index (χ3n) is 4.19. The number of nitrogens with zero attached hydrogens (tertiary/aromatic N) is 3. The molecule has 4 nitrogen and oxygen atoms in total. The molecule has 0 saturated heterocycles. The van der Waals surface area contributed by atoms with Crippen LogP contribution < -0.4 is 4.74 Å². The summed E-state index contributed by atoms with van der Waals surface area (Å²) in [6.45, 7) is 4.75. The molecule has 116 valence electrons. The van der Waals surface area contributed by atoms with Gasteiger partial charge < -0.3 is 4.74 Å². The Kier molecular flexibility index (Phi) is 3.67. The van der Waals surface area contributed by atoms with Crippen LogP contribution in [-0.2, 0) is 13.1 Å². The molecule has 4 rings (SSSR count). The molecule has 0 radical (unpaired) electrons. The lowest BCUT2D eigenvalue weighted by molar-refractivity contribution is 0.156. The molecule has 1 atom stereocenters. The van der Waals surface area contributed by atoms with E-state index in [9.17, 15) is 0 Å². The van der Waals surface area contributed by atoms with Gasteiger partial charge in [-0.3, -0.25) is 14.9 Å². The monoisotopic (exact) mass is 305 g/mol. The molecule has 23 heavy (non-hydrogen) atoms. The number of hydrogen-bond acceptors (Lipinski definition) is 4. The van der Waals surface area contributed by atoms with Gasteiger partial charge in [-0.2, -0.15) is 0 Å². The van der Waals surface area contributed by atoms with Crippen LogP contribution in [0.25, 0.3) is 11.0 Å². The van der Waals surface area contributed by atoms with Gasteiger partial charge in [0.2, 0.25) is 0 Å². The number of aromatic nitrogens is 2. The van der Waals surface area contributed by atoms with E-state index in [0.717, 1.165) is 36.4 Å². The molecule has 1 unspecified atom stereocenters. The Morgan fingerprint density at radius 1 is 1.09 bits per heavy atom. The van der Waals surface area contributed by atoms with Gasteiger partial charge in [0, 0.05) is 37.6 Å². The number of hydrogen-bond donors (Lipinski definition) is 0. The molecule has 0 saturated carbocycles. The van der Waals surface area contributed by atoms with E-state index >= 15 is 0 Å². The summed E-state index contributed by atoms with van der Waals surface area (Å²) in [5, 5.41) is 0. The summed E-state index contributed by atoms with van der Waals surface area (Å²) < 4.78 is 6.04. The van der Waals surface area contributed by atoms with Gasteiger partial charge in [-0.05, 0) is 24.6 Å². The maximum atomic E-state index is 6.04. The van der Waals surface area contributed by atoms with Crippen LogP contribution >= 0.6 is 0 Å². The summed E-state index contributed by atoms with van der Waals surface area (Å²) in [6.07, 6.45) is 3.67. The zero-order valence-electron chi connectivity index (χ0n) is 13.1. The molecule has 1 aliphatic heterocycles. The minimum Gasteiger partial charge on any atom is -0.489 e. The summed E-state index contributed by atoms with van der Waals surface area (Å²) in [7, 11) is 0. The Morgan fingerprint density at radius 3 is 2.91 bits per heavy atom. The van der Waals surface area contributed by atoms with Crippen molar-refractivity contribution in [3.05, 3.63) is 66.0 Å². The van der Waals surface area contributed by atoms with Crippen LogP contribution in [0, 0.1) is 0 Å². The molecule has 2 heterocycles. The van der Waals surface area contributed by atoms with Crippen molar-refractivity contribution in [2.24, 2.45) is 0 Å². The average Bonchev–Trinajstić information content (AvgIpc) is 2.72. The second-order valence-corrected chi connectivity index (χ2v) is 6.05. The van der Waals surface area contributed by atoms with Crippen molar-refractivity contribution in [1.82, 2.24) is 14.9 Å². The first-order valence-corrected chi connectivity index (χ1v) is 7.95. The molecule has 2 aromatic carbocycles. The Bertz CT molecular complexity index is 828. The van der Waals surface area contributed by atoms with E-state index in [0.29, 0.717) is 0 Å². The number of benzene rings is 2. The van der Waals surface area contributed by atoms with Gasteiger partial charge >= 0.3 is 0 Å². The Morgan fingerprint density at radius 2 is 1.96 bits per heavy atom. The minimum atomic E-state index is 0.166. The molecule has 1 aliphatic rings. The minimum absolute atomic E-state index is 0.166. The lowest BCUT2D eigenvalue weighted by Crippen LogP contribution is -2.30. The molecule has 0 spiro atoms. The maximum absolute atomic E-state index is 6.04. The van der Waals surface area contributed by atoms with Gasteiger partial charge in [0.05, 0.1) is 11.0 Å². The molecule has 0 fully saturated rings. The van der Waals surface area contributed by atoms with Crippen molar-refractivity contribution in [3.63, 3.8) is 0 Å². The smallest absolute Gasteiger partial charge is 0.124 e. The van der Waals surface area contributed by atoms with Crippen LogP contribution in [0.3, 0.4) is 0 Å². The SMILES string of the molecule is CC1CN(Cc2cccc3nccnc23)Cc2ccccc2O1. The average molecular weight is 305 g/mol. The van der Waals surface area contributed by atoms with Gasteiger partial charge in [-0.25, -0.2) is 0 Å². The van der Waals surface area contributed by atoms with Crippen molar-refractivity contribution < 1.29 is 4.74 Å². The highest BCUT2D eigenvalue weighted by Gasteiger charge is 2.20.